The Hall–Kier alpha value is -0.610. The van der Waals surface area contributed by atoms with Crippen LogP contribution in [0.5, 0.6) is 0 Å². The molecule has 0 atom stereocenters. The van der Waals surface area contributed by atoms with Crippen LogP contribution in [0.4, 0.5) is 0 Å². The molecule has 0 aromatic heterocycles. The minimum absolute atomic E-state index is 0.0948. The van der Waals surface area contributed by atoms with Crippen molar-refractivity contribution in [3.05, 3.63) is 0 Å². The maximum absolute atomic E-state index is 12.6. The summed E-state index contributed by atoms with van der Waals surface area (Å²) in [6.45, 7) is 5.79. The molecule has 1 heterocycles. The lowest BCUT2D eigenvalue weighted by Gasteiger charge is -2.39. The smallest absolute Gasteiger partial charge is 0.228 e. The maximum atomic E-state index is 12.6. The van der Waals surface area contributed by atoms with Crippen molar-refractivity contribution in [1.82, 2.24) is 15.5 Å². The molecule has 17 heavy (non-hydrogen) atoms. The van der Waals surface area contributed by atoms with Gasteiger partial charge in [-0.25, -0.2) is 0 Å². The Morgan fingerprint density at radius 3 is 2.59 bits per heavy atom. The molecule has 4 nitrogen and oxygen atoms in total. The van der Waals surface area contributed by atoms with Gasteiger partial charge in [-0.3, -0.25) is 4.79 Å². The topological polar surface area (TPSA) is 44.4 Å². The normalized spacial score (nSPS) is 19.0. The zero-order valence-electron chi connectivity index (χ0n) is 11.5. The zero-order chi connectivity index (χ0) is 12.7. The number of piperidine rings is 1. The van der Waals surface area contributed by atoms with Crippen LogP contribution in [0, 0.1) is 5.41 Å². The van der Waals surface area contributed by atoms with Crippen molar-refractivity contribution in [3.63, 3.8) is 0 Å². The molecule has 0 radical (unpaired) electrons. The number of carbonyl (C=O) groups is 1. The Morgan fingerprint density at radius 1 is 1.41 bits per heavy atom. The van der Waals surface area contributed by atoms with Gasteiger partial charge in [0.05, 0.1) is 5.41 Å². The molecule has 0 aromatic rings. The summed E-state index contributed by atoms with van der Waals surface area (Å²) in [5, 5.41) is 6.45. The summed E-state index contributed by atoms with van der Waals surface area (Å²) in [7, 11) is 3.85. The Kier molecular flexibility index (Phi) is 5.92. The van der Waals surface area contributed by atoms with Gasteiger partial charge in [-0.2, -0.15) is 0 Å². The van der Waals surface area contributed by atoms with E-state index in [1.165, 1.54) is 0 Å². The molecule has 0 bridgehead atoms. The summed E-state index contributed by atoms with van der Waals surface area (Å²) in [5.74, 6) is 0.344. The average Bonchev–Trinajstić information content (AvgIpc) is 2.36. The fourth-order valence-electron chi connectivity index (χ4n) is 2.74. The summed E-state index contributed by atoms with van der Waals surface area (Å²) in [6, 6.07) is 0. The molecule has 2 N–H and O–H groups in total. The predicted octanol–water partition coefficient (Wildman–Crippen LogP) is 0.834. The maximum Gasteiger partial charge on any atom is 0.228 e. The SMILES string of the molecule is CCCC1(C(=O)N(C)CCNC)CCNCC1. The van der Waals surface area contributed by atoms with Crippen molar-refractivity contribution < 1.29 is 4.79 Å². The fourth-order valence-corrected chi connectivity index (χ4v) is 2.74. The van der Waals surface area contributed by atoms with Crippen molar-refractivity contribution >= 4 is 5.91 Å². The third-order valence-electron chi connectivity index (χ3n) is 3.79. The molecular formula is C13H27N3O. The standard InChI is InChI=1S/C13H27N3O/c1-4-5-13(6-8-15-9-7-13)12(17)16(3)11-10-14-2/h14-15H,4-11H2,1-3H3. The molecule has 1 rings (SSSR count). The van der Waals surface area contributed by atoms with Gasteiger partial charge in [-0.1, -0.05) is 13.3 Å². The lowest BCUT2D eigenvalue weighted by atomic mass is 9.74. The van der Waals surface area contributed by atoms with E-state index in [2.05, 4.69) is 17.6 Å². The Bertz CT molecular complexity index is 231. The molecule has 0 unspecified atom stereocenters. The van der Waals surface area contributed by atoms with E-state index in [1.54, 1.807) is 0 Å². The third kappa shape index (κ3) is 3.68. The Balaban J connectivity index is 2.65. The van der Waals surface area contributed by atoms with E-state index >= 15 is 0 Å². The van der Waals surface area contributed by atoms with Crippen molar-refractivity contribution in [3.8, 4) is 0 Å². The van der Waals surface area contributed by atoms with Gasteiger partial charge in [0.25, 0.3) is 0 Å². The van der Waals surface area contributed by atoms with Crippen molar-refractivity contribution in [1.29, 1.82) is 0 Å². The number of rotatable bonds is 6. The van der Waals surface area contributed by atoms with Crippen molar-refractivity contribution in [2.45, 2.75) is 32.6 Å². The summed E-state index contributed by atoms with van der Waals surface area (Å²) < 4.78 is 0. The van der Waals surface area contributed by atoms with E-state index in [0.717, 1.165) is 51.9 Å². The van der Waals surface area contributed by atoms with Gasteiger partial charge < -0.3 is 15.5 Å². The second-order valence-corrected chi connectivity index (χ2v) is 5.11. The minimum atomic E-state index is -0.0948. The van der Waals surface area contributed by atoms with Crippen LogP contribution in [0.15, 0.2) is 0 Å². The highest BCUT2D eigenvalue weighted by molar-refractivity contribution is 5.82. The molecule has 0 aliphatic carbocycles. The molecule has 1 aliphatic rings. The summed E-state index contributed by atoms with van der Waals surface area (Å²) in [5.41, 5.74) is -0.0948. The van der Waals surface area contributed by atoms with Gasteiger partial charge >= 0.3 is 0 Å². The molecular weight excluding hydrogens is 214 g/mol. The molecule has 1 aliphatic heterocycles. The average molecular weight is 241 g/mol. The summed E-state index contributed by atoms with van der Waals surface area (Å²) >= 11 is 0. The number of carbonyl (C=O) groups excluding carboxylic acids is 1. The number of nitrogens with zero attached hydrogens (tertiary/aromatic N) is 1. The van der Waals surface area contributed by atoms with E-state index in [1.807, 2.05) is 19.0 Å². The minimum Gasteiger partial charge on any atom is -0.344 e. The van der Waals surface area contributed by atoms with Crippen molar-refractivity contribution in [2.75, 3.05) is 40.3 Å². The highest BCUT2D eigenvalue weighted by atomic mass is 16.2. The first-order valence-corrected chi connectivity index (χ1v) is 6.77. The molecule has 1 amide bonds. The predicted molar refractivity (Wildman–Crippen MR) is 71.0 cm³/mol. The molecule has 100 valence electrons. The van der Waals surface area contributed by atoms with E-state index in [-0.39, 0.29) is 5.41 Å². The second kappa shape index (κ2) is 6.97. The van der Waals surface area contributed by atoms with E-state index in [9.17, 15) is 4.79 Å². The molecule has 0 spiro atoms. The number of hydrogen-bond acceptors (Lipinski definition) is 3. The van der Waals surface area contributed by atoms with Crippen LogP contribution in [-0.2, 0) is 4.79 Å². The second-order valence-electron chi connectivity index (χ2n) is 5.11. The van der Waals surface area contributed by atoms with E-state index < -0.39 is 0 Å². The first kappa shape index (κ1) is 14.5. The molecule has 0 saturated carbocycles. The summed E-state index contributed by atoms with van der Waals surface area (Å²) in [6.07, 6.45) is 4.09. The first-order valence-electron chi connectivity index (χ1n) is 6.77. The molecule has 4 heteroatoms. The number of nitrogens with one attached hydrogen (secondary N) is 2. The van der Waals surface area contributed by atoms with E-state index in [0.29, 0.717) is 5.91 Å². The highest BCUT2D eigenvalue weighted by Gasteiger charge is 2.39. The largest absolute Gasteiger partial charge is 0.344 e. The number of amides is 1. The van der Waals surface area contributed by atoms with Crippen LogP contribution in [0.25, 0.3) is 0 Å². The zero-order valence-corrected chi connectivity index (χ0v) is 11.5. The van der Waals surface area contributed by atoms with Gasteiger partial charge in [0.15, 0.2) is 0 Å². The number of likely N-dealkylation sites (N-methyl/N-ethyl adjacent to an activating group) is 2. The van der Waals surface area contributed by atoms with Crippen LogP contribution >= 0.6 is 0 Å². The molecule has 1 saturated heterocycles. The van der Waals surface area contributed by atoms with Crippen LogP contribution in [0.2, 0.25) is 0 Å². The van der Waals surface area contributed by atoms with Crippen LogP contribution in [0.1, 0.15) is 32.6 Å². The van der Waals surface area contributed by atoms with Gasteiger partial charge in [0.1, 0.15) is 0 Å². The third-order valence-corrected chi connectivity index (χ3v) is 3.79. The quantitative estimate of drug-likeness (QED) is 0.724. The first-order chi connectivity index (χ1) is 8.16. The van der Waals surface area contributed by atoms with Gasteiger partial charge in [0.2, 0.25) is 5.91 Å². The molecule has 1 fully saturated rings. The highest BCUT2D eigenvalue weighted by Crippen LogP contribution is 2.35. The lowest BCUT2D eigenvalue weighted by Crippen LogP contribution is -2.49. The fraction of sp³-hybridized carbons (Fsp3) is 0.923. The van der Waals surface area contributed by atoms with Gasteiger partial charge in [-0.05, 0) is 39.4 Å². The van der Waals surface area contributed by atoms with Gasteiger partial charge in [0, 0.05) is 20.1 Å². The van der Waals surface area contributed by atoms with E-state index in [4.69, 9.17) is 0 Å². The molecule has 0 aromatic carbocycles. The number of hydrogen-bond donors (Lipinski definition) is 2. The monoisotopic (exact) mass is 241 g/mol. The van der Waals surface area contributed by atoms with Crippen molar-refractivity contribution in [2.24, 2.45) is 5.41 Å². The van der Waals surface area contributed by atoms with Crippen LogP contribution in [0.3, 0.4) is 0 Å². The van der Waals surface area contributed by atoms with Crippen LogP contribution < -0.4 is 10.6 Å². The lowest BCUT2D eigenvalue weighted by molar-refractivity contribution is -0.143. The Labute approximate surface area is 105 Å². The van der Waals surface area contributed by atoms with Crippen LogP contribution in [-0.4, -0.2) is 51.1 Å². The Morgan fingerprint density at radius 2 is 2.06 bits per heavy atom. The summed E-state index contributed by atoms with van der Waals surface area (Å²) in [4.78, 5) is 14.5. The van der Waals surface area contributed by atoms with Gasteiger partial charge in [-0.15, -0.1) is 0 Å².